The average Bonchev–Trinajstić information content (AvgIpc) is 2.59. The van der Waals surface area contributed by atoms with Crippen LogP contribution < -0.4 is 5.32 Å². The highest BCUT2D eigenvalue weighted by Crippen LogP contribution is 2.29. The number of benzene rings is 1. The van der Waals surface area contributed by atoms with E-state index in [1.165, 1.54) is 0 Å². The van der Waals surface area contributed by atoms with Crippen LogP contribution in [-0.2, 0) is 14.3 Å². The molecule has 1 heterocycles. The number of aryl methyl sites for hydroxylation is 2. The van der Waals surface area contributed by atoms with Crippen LogP contribution in [-0.4, -0.2) is 48.6 Å². The van der Waals surface area contributed by atoms with Gasteiger partial charge in [0, 0.05) is 12.1 Å². The van der Waals surface area contributed by atoms with Crippen molar-refractivity contribution in [2.24, 2.45) is 0 Å². The number of quaternary nitrogens is 1. The first-order valence-electron chi connectivity index (χ1n) is 9.82. The van der Waals surface area contributed by atoms with Gasteiger partial charge in [-0.15, -0.1) is 0 Å². The predicted molar refractivity (Wildman–Crippen MR) is 104 cm³/mol. The number of piperidine rings is 1. The Balaban J connectivity index is 2.26. The molecule has 1 aromatic carbocycles. The number of ether oxygens (including phenoxy) is 1. The molecule has 0 aromatic heterocycles. The maximum absolute atomic E-state index is 13.2. The summed E-state index contributed by atoms with van der Waals surface area (Å²) in [6, 6.07) is 5.82. The summed E-state index contributed by atoms with van der Waals surface area (Å²) in [4.78, 5) is 25.5. The minimum Gasteiger partial charge on any atom is -0.462 e. The van der Waals surface area contributed by atoms with Crippen LogP contribution in [0.3, 0.4) is 0 Å². The molecule has 2 unspecified atom stereocenters. The molecule has 1 aliphatic rings. The van der Waals surface area contributed by atoms with Crippen LogP contribution in [0.15, 0.2) is 18.2 Å². The first-order chi connectivity index (χ1) is 12.4. The van der Waals surface area contributed by atoms with Gasteiger partial charge in [0.2, 0.25) is 0 Å². The van der Waals surface area contributed by atoms with Gasteiger partial charge in [0.15, 0.2) is 12.6 Å². The molecule has 5 heteroatoms. The average molecular weight is 362 g/mol. The molecule has 0 spiro atoms. The molecule has 26 heavy (non-hydrogen) atoms. The van der Waals surface area contributed by atoms with Crippen molar-refractivity contribution >= 4 is 17.6 Å². The Kier molecular flexibility index (Phi) is 7.21. The van der Waals surface area contributed by atoms with E-state index < -0.39 is 0 Å². The molecule has 5 nitrogen and oxygen atoms in total. The minimum atomic E-state index is -0.202. The van der Waals surface area contributed by atoms with Gasteiger partial charge in [-0.2, -0.15) is 0 Å². The van der Waals surface area contributed by atoms with Crippen LogP contribution in [0.2, 0.25) is 0 Å². The largest absolute Gasteiger partial charge is 0.462 e. The fourth-order valence-electron chi connectivity index (χ4n) is 4.24. The molecule has 0 bridgehead atoms. The van der Waals surface area contributed by atoms with Crippen molar-refractivity contribution in [1.82, 2.24) is 0 Å². The Bertz CT molecular complexity index is 620. The molecule has 144 valence electrons. The third-order valence-electron chi connectivity index (χ3n) is 5.44. The van der Waals surface area contributed by atoms with Crippen molar-refractivity contribution in [1.29, 1.82) is 0 Å². The van der Waals surface area contributed by atoms with Gasteiger partial charge < -0.3 is 14.5 Å². The fraction of sp³-hybridized carbons (Fsp3) is 0.619. The quantitative estimate of drug-likeness (QED) is 0.596. The number of nitrogens with zero attached hydrogens (tertiary/aromatic N) is 1. The van der Waals surface area contributed by atoms with Crippen molar-refractivity contribution in [3.8, 4) is 0 Å². The monoisotopic (exact) mass is 361 g/mol. The number of hydrogen-bond donors (Lipinski definition) is 1. The van der Waals surface area contributed by atoms with Crippen LogP contribution in [0.25, 0.3) is 0 Å². The van der Waals surface area contributed by atoms with E-state index in [9.17, 15) is 9.59 Å². The number of para-hydroxylation sites is 1. The predicted octanol–water partition coefficient (Wildman–Crippen LogP) is 3.58. The summed E-state index contributed by atoms with van der Waals surface area (Å²) in [7, 11) is 0. The second kappa shape index (κ2) is 9.17. The van der Waals surface area contributed by atoms with Crippen LogP contribution in [0, 0.1) is 13.8 Å². The first-order valence-corrected chi connectivity index (χ1v) is 9.82. The zero-order valence-corrected chi connectivity index (χ0v) is 16.6. The molecule has 0 aliphatic carbocycles. The highest BCUT2D eigenvalue weighted by Gasteiger charge is 2.45. The Hall–Kier alpha value is -1.88. The summed E-state index contributed by atoms with van der Waals surface area (Å²) < 4.78 is 5.73. The van der Waals surface area contributed by atoms with E-state index in [2.05, 4.69) is 12.2 Å². The SMILES string of the molecule is CCC[N+]1(CC(=O)OCC)CCCCC1C(=O)Nc1c(C)cccc1C. The lowest BCUT2D eigenvalue weighted by atomic mass is 9.96. The Labute approximate surface area is 157 Å². The number of likely N-dealkylation sites (tertiary alicyclic amines) is 1. The van der Waals surface area contributed by atoms with Gasteiger partial charge in [-0.25, -0.2) is 4.79 Å². The van der Waals surface area contributed by atoms with Gasteiger partial charge in [-0.3, -0.25) is 4.79 Å². The van der Waals surface area contributed by atoms with E-state index >= 15 is 0 Å². The van der Waals surface area contributed by atoms with Crippen molar-refractivity contribution in [2.75, 3.05) is 31.6 Å². The Morgan fingerprint density at radius 1 is 1.19 bits per heavy atom. The van der Waals surface area contributed by atoms with E-state index in [-0.39, 0.29) is 24.5 Å². The lowest BCUT2D eigenvalue weighted by Crippen LogP contribution is -2.64. The molecular formula is C21H33N2O3+. The van der Waals surface area contributed by atoms with Gasteiger partial charge in [-0.05, 0) is 51.2 Å². The number of esters is 1. The number of carbonyl (C=O) groups is 2. The summed E-state index contributed by atoms with van der Waals surface area (Å²) in [6.45, 7) is 10.3. The lowest BCUT2D eigenvalue weighted by molar-refractivity contribution is -0.940. The van der Waals surface area contributed by atoms with E-state index in [1.54, 1.807) is 0 Å². The molecule has 1 N–H and O–H groups in total. The van der Waals surface area contributed by atoms with Crippen molar-refractivity contribution < 1.29 is 18.8 Å². The first kappa shape index (κ1) is 20.4. The zero-order valence-electron chi connectivity index (χ0n) is 16.6. The maximum Gasteiger partial charge on any atom is 0.361 e. The van der Waals surface area contributed by atoms with E-state index in [1.807, 2.05) is 39.0 Å². The van der Waals surface area contributed by atoms with E-state index in [0.29, 0.717) is 11.1 Å². The zero-order chi connectivity index (χ0) is 19.2. The van der Waals surface area contributed by atoms with Gasteiger partial charge in [0.1, 0.15) is 0 Å². The molecule has 1 amide bonds. The highest BCUT2D eigenvalue weighted by atomic mass is 16.5. The van der Waals surface area contributed by atoms with Crippen LogP contribution in [0.1, 0.15) is 50.7 Å². The number of hydrogen-bond acceptors (Lipinski definition) is 3. The molecule has 0 saturated carbocycles. The molecule has 1 saturated heterocycles. The summed E-state index contributed by atoms with van der Waals surface area (Å²) >= 11 is 0. The van der Waals surface area contributed by atoms with E-state index in [4.69, 9.17) is 4.74 Å². The van der Waals surface area contributed by atoms with Gasteiger partial charge in [0.05, 0.1) is 19.7 Å². The number of amides is 1. The van der Waals surface area contributed by atoms with Crippen LogP contribution in [0.5, 0.6) is 0 Å². The molecule has 1 aliphatic heterocycles. The number of rotatable bonds is 7. The Morgan fingerprint density at radius 2 is 1.88 bits per heavy atom. The number of nitrogens with one attached hydrogen (secondary N) is 1. The summed E-state index contributed by atoms with van der Waals surface area (Å²) in [5, 5.41) is 3.16. The van der Waals surface area contributed by atoms with Gasteiger partial charge >= 0.3 is 5.97 Å². The normalized spacial score (nSPS) is 22.7. The fourth-order valence-corrected chi connectivity index (χ4v) is 4.24. The van der Waals surface area contributed by atoms with Crippen molar-refractivity contribution in [3.63, 3.8) is 0 Å². The standard InChI is InChI=1S/C21H32N2O3/c1-5-13-23(15-19(24)26-6-2)14-8-7-12-18(23)21(25)22-20-16(3)10-9-11-17(20)4/h9-11,18H,5-8,12-15H2,1-4H3/p+1. The number of anilines is 1. The number of carbonyl (C=O) groups excluding carboxylic acids is 2. The molecule has 1 fully saturated rings. The van der Waals surface area contributed by atoms with Crippen molar-refractivity contribution in [3.05, 3.63) is 29.3 Å². The molecular weight excluding hydrogens is 328 g/mol. The molecule has 1 aromatic rings. The summed E-state index contributed by atoms with van der Waals surface area (Å²) in [5.41, 5.74) is 3.02. The van der Waals surface area contributed by atoms with Gasteiger partial charge in [-0.1, -0.05) is 25.1 Å². The molecule has 2 rings (SSSR count). The minimum absolute atomic E-state index is 0.0276. The highest BCUT2D eigenvalue weighted by molar-refractivity contribution is 5.95. The smallest absolute Gasteiger partial charge is 0.361 e. The third-order valence-corrected chi connectivity index (χ3v) is 5.44. The second-order valence-electron chi connectivity index (χ2n) is 7.40. The lowest BCUT2D eigenvalue weighted by Gasteiger charge is -2.46. The van der Waals surface area contributed by atoms with Gasteiger partial charge in [0.25, 0.3) is 5.91 Å². The van der Waals surface area contributed by atoms with Crippen LogP contribution in [0.4, 0.5) is 5.69 Å². The maximum atomic E-state index is 13.2. The summed E-state index contributed by atoms with van der Waals surface area (Å²) in [6.07, 6.45) is 3.83. The Morgan fingerprint density at radius 3 is 2.50 bits per heavy atom. The third kappa shape index (κ3) is 4.64. The topological polar surface area (TPSA) is 55.4 Å². The van der Waals surface area contributed by atoms with E-state index in [0.717, 1.165) is 55.6 Å². The summed E-state index contributed by atoms with van der Waals surface area (Å²) in [5.74, 6) is -0.174. The second-order valence-corrected chi connectivity index (χ2v) is 7.40. The molecule has 0 radical (unpaired) electrons. The molecule has 2 atom stereocenters. The van der Waals surface area contributed by atoms with Crippen molar-refractivity contribution in [2.45, 2.75) is 59.4 Å². The van der Waals surface area contributed by atoms with Crippen LogP contribution >= 0.6 is 0 Å².